The average molecular weight is 372 g/mol. The van der Waals surface area contributed by atoms with Crippen molar-refractivity contribution in [3.8, 4) is 0 Å². The van der Waals surface area contributed by atoms with Crippen molar-refractivity contribution in [2.75, 3.05) is 23.3 Å². The zero-order valence-electron chi connectivity index (χ0n) is 14.9. The number of hydrogen-bond donors (Lipinski definition) is 3. The van der Waals surface area contributed by atoms with Gasteiger partial charge in [0.25, 0.3) is 0 Å². The summed E-state index contributed by atoms with van der Waals surface area (Å²) in [6.45, 7) is 4.40. The maximum absolute atomic E-state index is 12.4. The molecule has 1 aromatic carbocycles. The van der Waals surface area contributed by atoms with Crippen LogP contribution in [0.1, 0.15) is 39.4 Å². The Morgan fingerprint density at radius 3 is 2.58 bits per heavy atom. The zero-order chi connectivity index (χ0) is 18.5. The number of primary amides is 1. The third-order valence-electron chi connectivity index (χ3n) is 4.45. The van der Waals surface area contributed by atoms with E-state index in [4.69, 9.17) is 5.73 Å². The van der Waals surface area contributed by atoms with Crippen LogP contribution in [0.15, 0.2) is 30.3 Å². The molecule has 138 valence electrons. The number of nitrogens with two attached hydrogens (primary N) is 1. The van der Waals surface area contributed by atoms with Gasteiger partial charge in [-0.25, -0.2) is 4.79 Å². The van der Waals surface area contributed by atoms with Gasteiger partial charge in [-0.2, -0.15) is 0 Å². The molecule has 1 aliphatic rings. The first-order chi connectivity index (χ1) is 12.5. The average Bonchev–Trinajstić information content (AvgIpc) is 3.06. The van der Waals surface area contributed by atoms with Crippen molar-refractivity contribution >= 4 is 34.6 Å². The molecule has 1 saturated heterocycles. The molecule has 2 heterocycles. The monoisotopic (exact) mass is 372 g/mol. The Morgan fingerprint density at radius 1 is 1.15 bits per heavy atom. The maximum atomic E-state index is 12.4. The standard InChI is InChI=1S/C19H24N4O2S/c1-13-5-7-15(26-13)12-21-19(25)22-16-11-14(18(20)24)6-8-17(16)23-9-3-2-4-10-23/h5-8,11H,2-4,9-10,12H2,1H3,(H2,20,24)(H2,21,22,25). The summed E-state index contributed by atoms with van der Waals surface area (Å²) in [6.07, 6.45) is 3.47. The van der Waals surface area contributed by atoms with E-state index in [1.165, 1.54) is 11.3 Å². The molecular formula is C19H24N4O2S. The van der Waals surface area contributed by atoms with Crippen LogP contribution in [0.25, 0.3) is 0 Å². The lowest BCUT2D eigenvalue weighted by Gasteiger charge is -2.30. The maximum Gasteiger partial charge on any atom is 0.319 e. The molecule has 0 atom stereocenters. The second-order valence-corrected chi connectivity index (χ2v) is 7.84. The summed E-state index contributed by atoms with van der Waals surface area (Å²) >= 11 is 1.66. The summed E-state index contributed by atoms with van der Waals surface area (Å²) in [7, 11) is 0. The SMILES string of the molecule is Cc1ccc(CNC(=O)Nc2cc(C(N)=O)ccc2N2CCCCC2)s1. The Kier molecular flexibility index (Phi) is 5.78. The number of nitrogens with zero attached hydrogens (tertiary/aromatic N) is 1. The second kappa shape index (κ2) is 8.23. The van der Waals surface area contributed by atoms with Crippen LogP contribution >= 0.6 is 11.3 Å². The Hall–Kier alpha value is -2.54. The van der Waals surface area contributed by atoms with Crippen LogP contribution in [0.2, 0.25) is 0 Å². The van der Waals surface area contributed by atoms with Gasteiger partial charge in [0.2, 0.25) is 5.91 Å². The zero-order valence-corrected chi connectivity index (χ0v) is 15.7. The molecule has 7 heteroatoms. The molecular weight excluding hydrogens is 348 g/mol. The molecule has 0 unspecified atom stereocenters. The summed E-state index contributed by atoms with van der Waals surface area (Å²) in [6, 6.07) is 8.97. The van der Waals surface area contributed by atoms with Crippen LogP contribution in [0, 0.1) is 6.92 Å². The minimum Gasteiger partial charge on any atom is -0.370 e. The number of aryl methyl sites for hydroxylation is 1. The van der Waals surface area contributed by atoms with E-state index in [-0.39, 0.29) is 6.03 Å². The molecule has 1 fully saturated rings. The van der Waals surface area contributed by atoms with E-state index in [1.807, 2.05) is 25.1 Å². The largest absolute Gasteiger partial charge is 0.370 e. The number of benzene rings is 1. The first kappa shape index (κ1) is 18.3. The fraction of sp³-hybridized carbons (Fsp3) is 0.368. The van der Waals surface area contributed by atoms with Crippen molar-refractivity contribution < 1.29 is 9.59 Å². The van der Waals surface area contributed by atoms with Crippen molar-refractivity contribution in [2.24, 2.45) is 5.73 Å². The van der Waals surface area contributed by atoms with E-state index in [0.717, 1.165) is 36.5 Å². The molecule has 1 aliphatic heterocycles. The quantitative estimate of drug-likeness (QED) is 0.751. The topological polar surface area (TPSA) is 87.5 Å². The summed E-state index contributed by atoms with van der Waals surface area (Å²) in [4.78, 5) is 28.4. The minimum absolute atomic E-state index is 0.295. The van der Waals surface area contributed by atoms with E-state index in [9.17, 15) is 9.59 Å². The van der Waals surface area contributed by atoms with E-state index in [0.29, 0.717) is 17.8 Å². The molecule has 0 aliphatic carbocycles. The molecule has 1 aromatic heterocycles. The van der Waals surface area contributed by atoms with E-state index in [1.54, 1.807) is 23.5 Å². The highest BCUT2D eigenvalue weighted by atomic mass is 32.1. The van der Waals surface area contributed by atoms with Crippen LogP contribution in [0.4, 0.5) is 16.2 Å². The fourth-order valence-electron chi connectivity index (χ4n) is 3.11. The highest BCUT2D eigenvalue weighted by Gasteiger charge is 2.17. The third-order valence-corrected chi connectivity index (χ3v) is 5.45. The normalized spacial score (nSPS) is 14.1. The molecule has 0 radical (unpaired) electrons. The van der Waals surface area contributed by atoms with Gasteiger partial charge in [0.05, 0.1) is 17.9 Å². The number of amides is 3. The first-order valence-corrected chi connectivity index (χ1v) is 9.63. The second-order valence-electron chi connectivity index (χ2n) is 6.46. The van der Waals surface area contributed by atoms with Crippen LogP contribution < -0.4 is 21.3 Å². The van der Waals surface area contributed by atoms with Crippen molar-refractivity contribution in [3.05, 3.63) is 45.6 Å². The lowest BCUT2D eigenvalue weighted by Crippen LogP contribution is -2.32. The predicted molar refractivity (Wildman–Crippen MR) is 106 cm³/mol. The Balaban J connectivity index is 1.73. The summed E-state index contributed by atoms with van der Waals surface area (Å²) < 4.78 is 0. The molecule has 0 bridgehead atoms. The van der Waals surface area contributed by atoms with Gasteiger partial charge in [-0.05, 0) is 56.5 Å². The van der Waals surface area contributed by atoms with Crippen LogP contribution in [0.5, 0.6) is 0 Å². The van der Waals surface area contributed by atoms with Gasteiger partial charge in [0.1, 0.15) is 0 Å². The van der Waals surface area contributed by atoms with Crippen molar-refractivity contribution in [3.63, 3.8) is 0 Å². The van der Waals surface area contributed by atoms with Crippen molar-refractivity contribution in [2.45, 2.75) is 32.7 Å². The van der Waals surface area contributed by atoms with E-state index < -0.39 is 5.91 Å². The number of carbonyl (C=O) groups is 2. The minimum atomic E-state index is -0.507. The number of thiophene rings is 1. The van der Waals surface area contributed by atoms with Crippen molar-refractivity contribution in [1.29, 1.82) is 0 Å². The van der Waals surface area contributed by atoms with Crippen LogP contribution in [-0.2, 0) is 6.54 Å². The predicted octanol–water partition coefficient (Wildman–Crippen LogP) is 3.47. The molecule has 0 spiro atoms. The van der Waals surface area contributed by atoms with Gasteiger partial charge < -0.3 is 21.3 Å². The van der Waals surface area contributed by atoms with Gasteiger partial charge in [-0.3, -0.25) is 4.79 Å². The Morgan fingerprint density at radius 2 is 1.92 bits per heavy atom. The molecule has 3 rings (SSSR count). The molecule has 2 aromatic rings. The smallest absolute Gasteiger partial charge is 0.319 e. The molecule has 4 N–H and O–H groups in total. The van der Waals surface area contributed by atoms with Gasteiger partial charge in [-0.15, -0.1) is 11.3 Å². The van der Waals surface area contributed by atoms with E-state index in [2.05, 4.69) is 15.5 Å². The Labute approximate surface area is 157 Å². The number of rotatable bonds is 5. The number of piperidine rings is 1. The first-order valence-electron chi connectivity index (χ1n) is 8.82. The van der Waals surface area contributed by atoms with E-state index >= 15 is 0 Å². The van der Waals surface area contributed by atoms with Gasteiger partial charge >= 0.3 is 6.03 Å². The van der Waals surface area contributed by atoms with Crippen molar-refractivity contribution in [1.82, 2.24) is 5.32 Å². The molecule has 0 saturated carbocycles. The lowest BCUT2D eigenvalue weighted by molar-refractivity contribution is 0.100. The molecule has 3 amide bonds. The summed E-state index contributed by atoms with van der Waals surface area (Å²) in [5, 5.41) is 5.75. The number of carbonyl (C=O) groups excluding carboxylic acids is 2. The number of anilines is 2. The van der Waals surface area contributed by atoms with Gasteiger partial charge in [-0.1, -0.05) is 0 Å². The van der Waals surface area contributed by atoms with Crippen LogP contribution in [-0.4, -0.2) is 25.0 Å². The fourth-order valence-corrected chi connectivity index (χ4v) is 3.94. The number of nitrogens with one attached hydrogen (secondary N) is 2. The number of hydrogen-bond acceptors (Lipinski definition) is 4. The summed E-state index contributed by atoms with van der Waals surface area (Å²) in [5.74, 6) is -0.507. The van der Waals surface area contributed by atoms with Gasteiger partial charge in [0, 0.05) is 28.4 Å². The molecule has 6 nitrogen and oxygen atoms in total. The molecule has 26 heavy (non-hydrogen) atoms. The Bertz CT molecular complexity index is 797. The van der Waals surface area contributed by atoms with Gasteiger partial charge in [0.15, 0.2) is 0 Å². The number of urea groups is 1. The van der Waals surface area contributed by atoms with Crippen LogP contribution in [0.3, 0.4) is 0 Å². The highest BCUT2D eigenvalue weighted by Crippen LogP contribution is 2.29. The summed E-state index contributed by atoms with van der Waals surface area (Å²) in [5.41, 5.74) is 7.33. The third kappa shape index (κ3) is 4.54. The lowest BCUT2D eigenvalue weighted by atomic mass is 10.1. The highest BCUT2D eigenvalue weighted by molar-refractivity contribution is 7.11.